The second kappa shape index (κ2) is 7.09. The van der Waals surface area contributed by atoms with Crippen LogP contribution in [0.2, 0.25) is 0 Å². The van der Waals surface area contributed by atoms with Crippen molar-refractivity contribution < 1.29 is 26.7 Å². The van der Waals surface area contributed by atoms with Crippen LogP contribution in [0.5, 0.6) is 0 Å². The summed E-state index contributed by atoms with van der Waals surface area (Å²) in [5.41, 5.74) is -1.94. The third-order valence-electron chi connectivity index (χ3n) is 2.88. The van der Waals surface area contributed by atoms with E-state index >= 15 is 0 Å². The van der Waals surface area contributed by atoms with Crippen molar-refractivity contribution in [2.45, 2.75) is 24.4 Å². The zero-order valence-corrected chi connectivity index (χ0v) is 12.6. The minimum Gasteiger partial charge on any atom is -0.395 e. The molecule has 0 unspecified atom stereocenters. The molecule has 9 heteroatoms. The van der Waals surface area contributed by atoms with E-state index in [4.69, 9.17) is 10.4 Å². The van der Waals surface area contributed by atoms with E-state index in [1.165, 1.54) is 6.07 Å². The highest BCUT2D eigenvalue weighted by molar-refractivity contribution is 7.89. The molecule has 1 rings (SSSR count). The molecule has 0 bridgehead atoms. The van der Waals surface area contributed by atoms with Crippen LogP contribution >= 0.6 is 0 Å². The Morgan fingerprint density at radius 2 is 1.95 bits per heavy atom. The summed E-state index contributed by atoms with van der Waals surface area (Å²) in [5.74, 6) is 0. The van der Waals surface area contributed by atoms with E-state index in [-0.39, 0.29) is 13.1 Å². The summed E-state index contributed by atoms with van der Waals surface area (Å²) >= 11 is 0. The van der Waals surface area contributed by atoms with Gasteiger partial charge in [-0.25, -0.2) is 8.42 Å². The fourth-order valence-corrected chi connectivity index (χ4v) is 3.43. The average molecular weight is 336 g/mol. The summed E-state index contributed by atoms with van der Waals surface area (Å²) in [7, 11) is -4.17. The minimum atomic E-state index is -4.83. The summed E-state index contributed by atoms with van der Waals surface area (Å²) in [6.07, 6.45) is -4.38. The Morgan fingerprint density at radius 3 is 2.41 bits per heavy atom. The number of nitriles is 1. The molecule has 0 atom stereocenters. The van der Waals surface area contributed by atoms with Gasteiger partial charge in [-0.1, -0.05) is 6.92 Å². The van der Waals surface area contributed by atoms with Gasteiger partial charge in [0.2, 0.25) is 10.0 Å². The van der Waals surface area contributed by atoms with Crippen molar-refractivity contribution in [1.82, 2.24) is 4.31 Å². The number of hydrogen-bond donors (Lipinski definition) is 1. The smallest absolute Gasteiger partial charge is 0.395 e. The number of benzene rings is 1. The number of halogens is 3. The van der Waals surface area contributed by atoms with Gasteiger partial charge < -0.3 is 5.11 Å². The van der Waals surface area contributed by atoms with Crippen molar-refractivity contribution in [3.8, 4) is 6.07 Å². The molecule has 0 saturated carbocycles. The first-order valence-electron chi connectivity index (χ1n) is 6.40. The number of hydrogen-bond acceptors (Lipinski definition) is 4. The highest BCUT2D eigenvalue weighted by atomic mass is 32.2. The lowest BCUT2D eigenvalue weighted by Gasteiger charge is -2.21. The molecule has 0 amide bonds. The monoisotopic (exact) mass is 336 g/mol. The second-order valence-electron chi connectivity index (χ2n) is 4.44. The van der Waals surface area contributed by atoms with E-state index in [0.29, 0.717) is 12.5 Å². The van der Waals surface area contributed by atoms with Crippen LogP contribution in [-0.2, 0) is 16.2 Å². The van der Waals surface area contributed by atoms with Gasteiger partial charge in [-0.3, -0.25) is 0 Å². The molecule has 1 aromatic carbocycles. The molecular formula is C13H15F3N2O3S. The molecule has 0 heterocycles. The lowest BCUT2D eigenvalue weighted by Crippen LogP contribution is -2.34. The third-order valence-corrected chi connectivity index (χ3v) is 4.77. The second-order valence-corrected chi connectivity index (χ2v) is 6.38. The molecule has 0 aliphatic heterocycles. The molecule has 0 saturated heterocycles. The minimum absolute atomic E-state index is 0.0737. The van der Waals surface area contributed by atoms with Crippen LogP contribution in [0.1, 0.15) is 24.5 Å². The van der Waals surface area contributed by atoms with Crippen LogP contribution in [0.25, 0.3) is 0 Å². The standard InChI is InChI=1S/C13H15F3N2O3S/c1-2-5-18(6-7-19)22(20,21)11-4-3-10(9-17)12(8-11)13(14,15)16/h3-4,8,19H,2,5-7H2,1H3. The van der Waals surface area contributed by atoms with Crippen molar-refractivity contribution in [2.24, 2.45) is 0 Å². The molecular weight excluding hydrogens is 321 g/mol. The van der Waals surface area contributed by atoms with E-state index in [1.807, 2.05) is 0 Å². The van der Waals surface area contributed by atoms with E-state index in [0.717, 1.165) is 16.4 Å². The van der Waals surface area contributed by atoms with Crippen LogP contribution in [0.15, 0.2) is 23.1 Å². The fourth-order valence-electron chi connectivity index (χ4n) is 1.88. The Hall–Kier alpha value is -1.63. The number of nitrogens with zero attached hydrogens (tertiary/aromatic N) is 2. The molecule has 122 valence electrons. The predicted molar refractivity (Wildman–Crippen MR) is 72.3 cm³/mol. The lowest BCUT2D eigenvalue weighted by atomic mass is 10.1. The molecule has 5 nitrogen and oxygen atoms in total. The van der Waals surface area contributed by atoms with Crippen molar-refractivity contribution in [3.05, 3.63) is 29.3 Å². The zero-order valence-electron chi connectivity index (χ0n) is 11.8. The Balaban J connectivity index is 3.40. The largest absolute Gasteiger partial charge is 0.417 e. The summed E-state index contributed by atoms with van der Waals surface area (Å²) in [6.45, 7) is 1.13. The summed E-state index contributed by atoms with van der Waals surface area (Å²) in [6, 6.07) is 3.64. The zero-order chi connectivity index (χ0) is 17.0. The van der Waals surface area contributed by atoms with Gasteiger partial charge >= 0.3 is 6.18 Å². The van der Waals surface area contributed by atoms with Gasteiger partial charge in [-0.15, -0.1) is 0 Å². The Bertz CT molecular complexity index is 660. The Labute approximate surface area is 126 Å². The van der Waals surface area contributed by atoms with Gasteiger partial charge in [0, 0.05) is 13.1 Å². The first-order chi connectivity index (χ1) is 10.2. The van der Waals surface area contributed by atoms with Gasteiger partial charge in [0.15, 0.2) is 0 Å². The first-order valence-corrected chi connectivity index (χ1v) is 7.84. The van der Waals surface area contributed by atoms with Gasteiger partial charge in [0.1, 0.15) is 0 Å². The van der Waals surface area contributed by atoms with E-state index < -0.39 is 38.8 Å². The number of aliphatic hydroxyl groups excluding tert-OH is 1. The number of alkyl halides is 3. The summed E-state index contributed by atoms with van der Waals surface area (Å²) in [4.78, 5) is -0.555. The summed E-state index contributed by atoms with van der Waals surface area (Å²) in [5, 5.41) is 17.6. The van der Waals surface area contributed by atoms with Gasteiger partial charge in [-0.05, 0) is 24.6 Å². The Kier molecular flexibility index (Phi) is 5.93. The maximum atomic E-state index is 12.9. The van der Waals surface area contributed by atoms with E-state index in [1.54, 1.807) is 6.92 Å². The van der Waals surface area contributed by atoms with Crippen LogP contribution in [0.3, 0.4) is 0 Å². The van der Waals surface area contributed by atoms with Crippen molar-refractivity contribution in [3.63, 3.8) is 0 Å². The van der Waals surface area contributed by atoms with Crippen LogP contribution < -0.4 is 0 Å². The summed E-state index contributed by atoms with van der Waals surface area (Å²) < 4.78 is 64.3. The number of rotatable bonds is 6. The molecule has 0 aliphatic carbocycles. The van der Waals surface area contributed by atoms with Crippen LogP contribution in [0.4, 0.5) is 13.2 Å². The van der Waals surface area contributed by atoms with Crippen molar-refractivity contribution in [2.75, 3.05) is 19.7 Å². The van der Waals surface area contributed by atoms with Crippen LogP contribution in [-0.4, -0.2) is 37.5 Å². The predicted octanol–water partition coefficient (Wildman–Crippen LogP) is 1.97. The fraction of sp³-hybridized carbons (Fsp3) is 0.462. The van der Waals surface area contributed by atoms with Gasteiger partial charge in [0.25, 0.3) is 0 Å². The van der Waals surface area contributed by atoms with E-state index in [2.05, 4.69) is 0 Å². The SMILES string of the molecule is CCCN(CCO)S(=O)(=O)c1ccc(C#N)c(C(F)(F)F)c1. The number of sulfonamides is 1. The normalized spacial score (nSPS) is 12.4. The molecule has 22 heavy (non-hydrogen) atoms. The van der Waals surface area contributed by atoms with Crippen LogP contribution in [0, 0.1) is 11.3 Å². The molecule has 0 aromatic heterocycles. The maximum Gasteiger partial charge on any atom is 0.417 e. The Morgan fingerprint density at radius 1 is 1.32 bits per heavy atom. The highest BCUT2D eigenvalue weighted by Crippen LogP contribution is 2.33. The molecule has 0 aliphatic rings. The average Bonchev–Trinajstić information content (AvgIpc) is 2.45. The van der Waals surface area contributed by atoms with E-state index in [9.17, 15) is 21.6 Å². The van der Waals surface area contributed by atoms with Crippen molar-refractivity contribution >= 4 is 10.0 Å². The maximum absolute atomic E-state index is 12.9. The molecule has 0 radical (unpaired) electrons. The quantitative estimate of drug-likeness (QED) is 0.861. The third kappa shape index (κ3) is 3.97. The first kappa shape index (κ1) is 18.4. The van der Waals surface area contributed by atoms with Gasteiger partial charge in [0.05, 0.1) is 28.7 Å². The molecule has 0 spiro atoms. The molecule has 0 fully saturated rings. The topological polar surface area (TPSA) is 81.4 Å². The highest BCUT2D eigenvalue weighted by Gasteiger charge is 2.35. The number of aliphatic hydroxyl groups is 1. The van der Waals surface area contributed by atoms with Crippen molar-refractivity contribution in [1.29, 1.82) is 5.26 Å². The van der Waals surface area contributed by atoms with Gasteiger partial charge in [-0.2, -0.15) is 22.7 Å². The lowest BCUT2D eigenvalue weighted by molar-refractivity contribution is -0.137. The molecule has 1 aromatic rings. The molecule has 1 N–H and O–H groups in total.